The number of aromatic carboxylic acids is 1. The van der Waals surface area contributed by atoms with Crippen LogP contribution in [0.1, 0.15) is 20.8 Å². The monoisotopic (exact) mass is 342 g/mol. The Bertz CT molecular complexity index is 940. The molecule has 0 fully saturated rings. The number of phenolic OH excluding ortho intramolecular Hbond substituents is 1. The van der Waals surface area contributed by atoms with Crippen molar-refractivity contribution in [3.8, 4) is 27.8 Å². The number of nitrogens with zero attached hydrogens (tertiary/aromatic N) is 2. The van der Waals surface area contributed by atoms with Crippen LogP contribution in [0.5, 0.6) is 16.6 Å². The Morgan fingerprint density at radius 3 is 2.75 bits per heavy atom. The molecule has 0 saturated heterocycles. The number of rotatable bonds is 3. The molecular weight excluding hydrogens is 328 g/mol. The molecule has 122 valence electrons. The van der Waals surface area contributed by atoms with Crippen LogP contribution in [0, 0.1) is 0 Å². The number of ether oxygens (including phenoxy) is 1. The van der Waals surface area contributed by atoms with Gasteiger partial charge < -0.3 is 14.9 Å². The van der Waals surface area contributed by atoms with E-state index in [1.54, 1.807) is 16.8 Å². The Labute approximate surface area is 141 Å². The number of aromatic nitrogens is 2. The molecule has 2 heterocycles. The largest absolute Gasteiger partial charge is 0.508 e. The van der Waals surface area contributed by atoms with Gasteiger partial charge in [0.2, 0.25) is 0 Å². The predicted octanol–water partition coefficient (Wildman–Crippen LogP) is 3.44. The first-order chi connectivity index (χ1) is 11.5. The minimum atomic E-state index is -0.942. The summed E-state index contributed by atoms with van der Waals surface area (Å²) in [6.07, 6.45) is 3.25. The maximum absolute atomic E-state index is 11.6. The molecule has 0 unspecified atom stereocenters. The second-order valence-electron chi connectivity index (χ2n) is 5.62. The Hall–Kier alpha value is -2.80. The normalized spacial score (nSPS) is 12.5. The van der Waals surface area contributed by atoms with Crippen LogP contribution in [0.3, 0.4) is 0 Å². The first-order valence-electron chi connectivity index (χ1n) is 7.41. The van der Waals surface area contributed by atoms with Crippen LogP contribution in [0.25, 0.3) is 11.3 Å². The van der Waals surface area contributed by atoms with E-state index in [4.69, 9.17) is 4.74 Å². The fourth-order valence-corrected chi connectivity index (χ4v) is 4.09. The third-order valence-electron chi connectivity index (χ3n) is 4.11. The fraction of sp³-hybridized carbons (Fsp3) is 0.176. The third-order valence-corrected chi connectivity index (χ3v) is 5.21. The van der Waals surface area contributed by atoms with Gasteiger partial charge in [-0.25, -0.2) is 4.79 Å². The number of carboxylic acids is 1. The van der Waals surface area contributed by atoms with Crippen molar-refractivity contribution < 1.29 is 19.7 Å². The second-order valence-corrected chi connectivity index (χ2v) is 6.60. The molecule has 0 aliphatic heterocycles. The van der Waals surface area contributed by atoms with Gasteiger partial charge in [0.1, 0.15) is 16.4 Å². The highest BCUT2D eigenvalue weighted by molar-refractivity contribution is 7.16. The highest BCUT2D eigenvalue weighted by Crippen LogP contribution is 2.48. The van der Waals surface area contributed by atoms with Gasteiger partial charge in [0.15, 0.2) is 5.06 Å². The summed E-state index contributed by atoms with van der Waals surface area (Å²) in [5.74, 6) is -0.249. The molecule has 2 N–H and O–H groups in total. The van der Waals surface area contributed by atoms with Gasteiger partial charge in [0, 0.05) is 7.05 Å². The highest BCUT2D eigenvalue weighted by Gasteiger charge is 2.31. The maximum atomic E-state index is 11.6. The molecule has 4 rings (SSSR count). The maximum Gasteiger partial charge on any atom is 0.346 e. The standard InChI is InChI=1S/C17H14N2O4S/c1-19-14-9(8-18-19)2-7-12-13(14)17(24-15(12)16(21)22)23-11-5-3-10(20)4-6-11/h3-6,8,20H,2,7H2,1H3,(H,21,22). The Kier molecular flexibility index (Phi) is 3.31. The highest BCUT2D eigenvalue weighted by atomic mass is 32.1. The number of fused-ring (bicyclic) bond motifs is 3. The summed E-state index contributed by atoms with van der Waals surface area (Å²) in [4.78, 5) is 11.9. The molecule has 24 heavy (non-hydrogen) atoms. The molecular formula is C17H14N2O4S. The van der Waals surface area contributed by atoms with Crippen molar-refractivity contribution in [2.24, 2.45) is 7.05 Å². The molecule has 1 aromatic carbocycles. The number of hydrogen-bond donors (Lipinski definition) is 2. The number of carboxylic acid groups (broad SMARTS) is 1. The summed E-state index contributed by atoms with van der Waals surface area (Å²) in [7, 11) is 1.84. The van der Waals surface area contributed by atoms with Crippen LogP contribution in [0.2, 0.25) is 0 Å². The zero-order valence-corrected chi connectivity index (χ0v) is 13.6. The minimum Gasteiger partial charge on any atom is -0.508 e. The van der Waals surface area contributed by atoms with E-state index in [-0.39, 0.29) is 5.75 Å². The molecule has 0 saturated carbocycles. The summed E-state index contributed by atoms with van der Waals surface area (Å²) >= 11 is 1.13. The molecule has 2 aromatic heterocycles. The van der Waals surface area contributed by atoms with Gasteiger partial charge in [-0.2, -0.15) is 5.10 Å². The van der Waals surface area contributed by atoms with Crippen LogP contribution in [0.4, 0.5) is 0 Å². The molecule has 0 radical (unpaired) electrons. The van der Waals surface area contributed by atoms with E-state index in [0.717, 1.165) is 40.1 Å². The summed E-state index contributed by atoms with van der Waals surface area (Å²) in [5, 5.41) is 23.7. The van der Waals surface area contributed by atoms with Crippen LogP contribution in [-0.4, -0.2) is 26.0 Å². The van der Waals surface area contributed by atoms with E-state index < -0.39 is 5.97 Å². The van der Waals surface area contributed by atoms with E-state index >= 15 is 0 Å². The van der Waals surface area contributed by atoms with Crippen LogP contribution < -0.4 is 4.74 Å². The summed E-state index contributed by atoms with van der Waals surface area (Å²) < 4.78 is 7.71. The lowest BCUT2D eigenvalue weighted by Gasteiger charge is -2.16. The van der Waals surface area contributed by atoms with Gasteiger partial charge >= 0.3 is 5.97 Å². The molecule has 6 nitrogen and oxygen atoms in total. The number of thiophene rings is 1. The van der Waals surface area contributed by atoms with Crippen molar-refractivity contribution in [3.05, 3.63) is 46.5 Å². The van der Waals surface area contributed by atoms with E-state index in [1.807, 2.05) is 13.2 Å². The van der Waals surface area contributed by atoms with Crippen molar-refractivity contribution in [2.75, 3.05) is 0 Å². The number of aryl methyl sites for hydroxylation is 2. The van der Waals surface area contributed by atoms with Gasteiger partial charge in [0.05, 0.1) is 17.5 Å². The molecule has 0 atom stereocenters. The SMILES string of the molecule is Cn1ncc2c1-c1c(Oc3ccc(O)cc3)sc(C(=O)O)c1CC2. The zero-order valence-electron chi connectivity index (χ0n) is 12.8. The van der Waals surface area contributed by atoms with Crippen molar-refractivity contribution in [1.29, 1.82) is 0 Å². The number of phenols is 1. The first kappa shape index (κ1) is 14.8. The lowest BCUT2D eigenvalue weighted by molar-refractivity contribution is 0.0701. The van der Waals surface area contributed by atoms with Gasteiger partial charge in [-0.05, 0) is 48.2 Å². The molecule has 0 spiro atoms. The van der Waals surface area contributed by atoms with Crippen molar-refractivity contribution in [3.63, 3.8) is 0 Å². The molecule has 0 bridgehead atoms. The lowest BCUT2D eigenvalue weighted by Crippen LogP contribution is -2.08. The summed E-state index contributed by atoms with van der Waals surface area (Å²) in [6.45, 7) is 0. The number of carbonyl (C=O) groups is 1. The summed E-state index contributed by atoms with van der Waals surface area (Å²) in [6, 6.07) is 6.36. The topological polar surface area (TPSA) is 84.6 Å². The Morgan fingerprint density at radius 1 is 1.29 bits per heavy atom. The number of benzene rings is 1. The van der Waals surface area contributed by atoms with Crippen LogP contribution >= 0.6 is 11.3 Å². The Morgan fingerprint density at radius 2 is 2.04 bits per heavy atom. The Balaban J connectivity index is 1.87. The van der Waals surface area contributed by atoms with E-state index in [1.165, 1.54) is 12.1 Å². The number of hydrogen-bond acceptors (Lipinski definition) is 5. The van der Waals surface area contributed by atoms with Gasteiger partial charge in [-0.15, -0.1) is 0 Å². The van der Waals surface area contributed by atoms with Crippen molar-refractivity contribution in [2.45, 2.75) is 12.8 Å². The first-order valence-corrected chi connectivity index (χ1v) is 8.23. The molecule has 1 aliphatic carbocycles. The smallest absolute Gasteiger partial charge is 0.346 e. The summed E-state index contributed by atoms with van der Waals surface area (Å²) in [5.41, 5.74) is 3.62. The van der Waals surface area contributed by atoms with E-state index in [2.05, 4.69) is 5.10 Å². The van der Waals surface area contributed by atoms with Gasteiger partial charge in [-0.1, -0.05) is 11.3 Å². The van der Waals surface area contributed by atoms with Crippen molar-refractivity contribution in [1.82, 2.24) is 9.78 Å². The molecule has 3 aromatic rings. The number of aromatic hydroxyl groups is 1. The predicted molar refractivity (Wildman–Crippen MR) is 89.1 cm³/mol. The molecule has 1 aliphatic rings. The average molecular weight is 342 g/mol. The van der Waals surface area contributed by atoms with Gasteiger partial charge in [-0.3, -0.25) is 4.68 Å². The quantitative estimate of drug-likeness (QED) is 0.761. The second kappa shape index (κ2) is 5.38. The van der Waals surface area contributed by atoms with E-state index in [0.29, 0.717) is 22.1 Å². The molecule has 7 heteroatoms. The average Bonchev–Trinajstić information content (AvgIpc) is 3.11. The zero-order chi connectivity index (χ0) is 16.8. The van der Waals surface area contributed by atoms with Crippen molar-refractivity contribution >= 4 is 17.3 Å². The van der Waals surface area contributed by atoms with Crippen LogP contribution in [0.15, 0.2) is 30.5 Å². The molecule has 0 amide bonds. The fourth-order valence-electron chi connectivity index (χ4n) is 3.03. The third kappa shape index (κ3) is 2.25. The lowest BCUT2D eigenvalue weighted by atomic mass is 9.92. The van der Waals surface area contributed by atoms with Crippen LogP contribution in [-0.2, 0) is 19.9 Å². The minimum absolute atomic E-state index is 0.149. The van der Waals surface area contributed by atoms with Gasteiger partial charge in [0.25, 0.3) is 0 Å². The van der Waals surface area contributed by atoms with E-state index in [9.17, 15) is 15.0 Å².